The van der Waals surface area contributed by atoms with Gasteiger partial charge in [0.15, 0.2) is 0 Å². The Labute approximate surface area is 127 Å². The van der Waals surface area contributed by atoms with E-state index in [1.54, 1.807) is 30.3 Å². The maximum atomic E-state index is 11.0. The van der Waals surface area contributed by atoms with E-state index < -0.39 is 4.92 Å². The monoisotopic (exact) mass is 306 g/mol. The van der Waals surface area contributed by atoms with Gasteiger partial charge in [0.1, 0.15) is 11.5 Å². The van der Waals surface area contributed by atoms with Gasteiger partial charge in [-0.2, -0.15) is 0 Å². The van der Waals surface area contributed by atoms with Crippen LogP contribution >= 0.6 is 11.6 Å². The Bertz CT molecular complexity index is 647. The van der Waals surface area contributed by atoms with E-state index in [2.05, 4.69) is 5.32 Å². The molecule has 0 aromatic heterocycles. The van der Waals surface area contributed by atoms with Crippen molar-refractivity contribution in [1.82, 2.24) is 0 Å². The molecule has 0 saturated carbocycles. The fourth-order valence-electron chi connectivity index (χ4n) is 1.79. The molecule has 0 aliphatic carbocycles. The fourth-order valence-corrected chi connectivity index (χ4v) is 1.97. The van der Waals surface area contributed by atoms with Gasteiger partial charge in [0.05, 0.1) is 11.0 Å². The smallest absolute Gasteiger partial charge is 0.275 e. The number of benzene rings is 2. The summed E-state index contributed by atoms with van der Waals surface area (Å²) in [5.74, 6) is 0.925. The second-order valence-electron chi connectivity index (χ2n) is 4.46. The van der Waals surface area contributed by atoms with E-state index >= 15 is 0 Å². The van der Waals surface area contributed by atoms with Gasteiger partial charge in [0.2, 0.25) is 0 Å². The number of ether oxygens (including phenoxy) is 1. The molecule has 2 aromatic carbocycles. The second kappa shape index (κ2) is 6.95. The number of rotatable bonds is 6. The van der Waals surface area contributed by atoms with Gasteiger partial charge in [-0.25, -0.2) is 0 Å². The predicted molar refractivity (Wildman–Crippen MR) is 83.4 cm³/mol. The van der Waals surface area contributed by atoms with Crippen LogP contribution in [0.3, 0.4) is 0 Å². The van der Waals surface area contributed by atoms with Crippen molar-refractivity contribution in [3.05, 3.63) is 57.6 Å². The molecule has 21 heavy (non-hydrogen) atoms. The van der Waals surface area contributed by atoms with Crippen molar-refractivity contribution < 1.29 is 9.66 Å². The molecule has 0 atom stereocenters. The highest BCUT2D eigenvalue weighted by atomic mass is 35.5. The van der Waals surface area contributed by atoms with Crippen LogP contribution < -0.4 is 10.1 Å². The number of anilines is 1. The molecule has 0 bridgehead atoms. The zero-order chi connectivity index (χ0) is 15.2. The van der Waals surface area contributed by atoms with Crippen LogP contribution in [0.15, 0.2) is 42.5 Å². The molecular weight excluding hydrogens is 292 g/mol. The van der Waals surface area contributed by atoms with Crippen molar-refractivity contribution in [2.45, 2.75) is 13.3 Å². The lowest BCUT2D eigenvalue weighted by atomic mass is 10.2. The van der Waals surface area contributed by atoms with Crippen LogP contribution in [0.5, 0.6) is 11.5 Å². The molecule has 0 unspecified atom stereocenters. The van der Waals surface area contributed by atoms with Gasteiger partial charge >= 0.3 is 0 Å². The molecular formula is C15H15ClN2O3. The summed E-state index contributed by atoms with van der Waals surface area (Å²) in [6.07, 6.45) is 0.924. The molecule has 0 radical (unpaired) electrons. The highest BCUT2D eigenvalue weighted by Crippen LogP contribution is 2.30. The first-order valence-corrected chi connectivity index (χ1v) is 6.93. The zero-order valence-electron chi connectivity index (χ0n) is 11.5. The molecule has 0 heterocycles. The third-order valence-electron chi connectivity index (χ3n) is 2.71. The van der Waals surface area contributed by atoms with Crippen LogP contribution in [0.1, 0.15) is 13.3 Å². The van der Waals surface area contributed by atoms with Gasteiger partial charge < -0.3 is 10.1 Å². The molecule has 1 N–H and O–H groups in total. The van der Waals surface area contributed by atoms with Crippen molar-refractivity contribution in [2.24, 2.45) is 0 Å². The number of nitrogens with one attached hydrogen (secondary N) is 1. The lowest BCUT2D eigenvalue weighted by molar-refractivity contribution is -0.384. The van der Waals surface area contributed by atoms with Crippen molar-refractivity contribution in [3.8, 4) is 11.5 Å². The zero-order valence-corrected chi connectivity index (χ0v) is 12.3. The second-order valence-corrected chi connectivity index (χ2v) is 4.90. The summed E-state index contributed by atoms with van der Waals surface area (Å²) in [5, 5.41) is 14.6. The van der Waals surface area contributed by atoms with Gasteiger partial charge in [-0.15, -0.1) is 0 Å². The van der Waals surface area contributed by atoms with E-state index in [1.807, 2.05) is 6.92 Å². The Morgan fingerprint density at radius 3 is 2.71 bits per heavy atom. The minimum Gasteiger partial charge on any atom is -0.457 e. The predicted octanol–water partition coefficient (Wildman–Crippen LogP) is 4.86. The SMILES string of the molecule is CCCNc1cc(Oc2cccc(Cl)c2)cc([N+](=O)[O-])c1. The van der Waals surface area contributed by atoms with Gasteiger partial charge in [-0.3, -0.25) is 10.1 Å². The highest BCUT2D eigenvalue weighted by molar-refractivity contribution is 6.30. The van der Waals surface area contributed by atoms with E-state index in [-0.39, 0.29) is 5.69 Å². The molecule has 0 fully saturated rings. The Morgan fingerprint density at radius 2 is 2.05 bits per heavy atom. The molecule has 2 aromatic rings. The Balaban J connectivity index is 2.28. The first-order chi connectivity index (χ1) is 10.1. The maximum Gasteiger partial charge on any atom is 0.275 e. The lowest BCUT2D eigenvalue weighted by Gasteiger charge is -2.09. The number of halogens is 1. The Hall–Kier alpha value is -2.27. The lowest BCUT2D eigenvalue weighted by Crippen LogP contribution is -2.01. The summed E-state index contributed by atoms with van der Waals surface area (Å²) >= 11 is 5.89. The number of non-ortho nitro benzene ring substituents is 1. The number of nitrogens with zero attached hydrogens (tertiary/aromatic N) is 1. The van der Waals surface area contributed by atoms with E-state index in [4.69, 9.17) is 16.3 Å². The third kappa shape index (κ3) is 4.36. The molecule has 0 aliphatic heterocycles. The van der Waals surface area contributed by atoms with Gasteiger partial charge in [0, 0.05) is 29.4 Å². The quantitative estimate of drug-likeness (QED) is 0.611. The van der Waals surface area contributed by atoms with Crippen molar-refractivity contribution in [3.63, 3.8) is 0 Å². The van der Waals surface area contributed by atoms with Crippen LogP contribution in [0, 0.1) is 10.1 Å². The normalized spacial score (nSPS) is 10.2. The highest BCUT2D eigenvalue weighted by Gasteiger charge is 2.11. The summed E-state index contributed by atoms with van der Waals surface area (Å²) in [5.41, 5.74) is 0.635. The summed E-state index contributed by atoms with van der Waals surface area (Å²) in [6, 6.07) is 11.5. The van der Waals surface area contributed by atoms with Gasteiger partial charge in [-0.1, -0.05) is 24.6 Å². The van der Waals surface area contributed by atoms with Crippen LogP contribution in [0.25, 0.3) is 0 Å². The number of hydrogen-bond donors (Lipinski definition) is 1. The molecule has 5 nitrogen and oxygen atoms in total. The minimum absolute atomic E-state index is 0.0202. The Kier molecular flexibility index (Phi) is 5.00. The largest absolute Gasteiger partial charge is 0.457 e. The summed E-state index contributed by atoms with van der Waals surface area (Å²) in [6.45, 7) is 2.76. The van der Waals surface area contributed by atoms with Crippen molar-refractivity contribution in [2.75, 3.05) is 11.9 Å². The van der Waals surface area contributed by atoms with Crippen LogP contribution in [-0.4, -0.2) is 11.5 Å². The van der Waals surface area contributed by atoms with E-state index in [1.165, 1.54) is 12.1 Å². The van der Waals surface area contributed by atoms with Crippen molar-refractivity contribution >= 4 is 23.0 Å². The molecule has 110 valence electrons. The molecule has 0 spiro atoms. The fraction of sp³-hybridized carbons (Fsp3) is 0.200. The molecule has 0 aliphatic rings. The van der Waals surface area contributed by atoms with Crippen LogP contribution in [0.2, 0.25) is 5.02 Å². The van der Waals surface area contributed by atoms with Gasteiger partial charge in [0.25, 0.3) is 5.69 Å². The summed E-state index contributed by atoms with van der Waals surface area (Å²) < 4.78 is 5.64. The van der Waals surface area contributed by atoms with Gasteiger partial charge in [-0.05, 0) is 24.6 Å². The molecule has 0 saturated heterocycles. The van der Waals surface area contributed by atoms with E-state index in [0.29, 0.717) is 22.2 Å². The average molecular weight is 307 g/mol. The first kappa shape index (κ1) is 15.1. The molecule has 2 rings (SSSR count). The summed E-state index contributed by atoms with van der Waals surface area (Å²) in [4.78, 5) is 10.5. The summed E-state index contributed by atoms with van der Waals surface area (Å²) in [7, 11) is 0. The molecule has 6 heteroatoms. The molecule has 0 amide bonds. The standard InChI is InChI=1S/C15H15ClN2O3/c1-2-6-17-12-8-13(18(19)20)10-15(9-12)21-14-5-3-4-11(16)7-14/h3-5,7-10,17H,2,6H2,1H3. The minimum atomic E-state index is -0.443. The number of nitro benzene ring substituents is 1. The topological polar surface area (TPSA) is 64.4 Å². The van der Waals surface area contributed by atoms with E-state index in [0.717, 1.165) is 13.0 Å². The average Bonchev–Trinajstić information content (AvgIpc) is 2.45. The number of nitro groups is 1. The van der Waals surface area contributed by atoms with E-state index in [9.17, 15) is 10.1 Å². The maximum absolute atomic E-state index is 11.0. The van der Waals surface area contributed by atoms with Crippen LogP contribution in [-0.2, 0) is 0 Å². The number of hydrogen-bond acceptors (Lipinski definition) is 4. The van der Waals surface area contributed by atoms with Crippen molar-refractivity contribution in [1.29, 1.82) is 0 Å². The first-order valence-electron chi connectivity index (χ1n) is 6.55. The third-order valence-corrected chi connectivity index (χ3v) is 2.95. The Morgan fingerprint density at radius 1 is 1.24 bits per heavy atom. The van der Waals surface area contributed by atoms with Crippen LogP contribution in [0.4, 0.5) is 11.4 Å².